The normalized spacial score (nSPS) is 17.2. The minimum absolute atomic E-state index is 0.0190. The molecule has 1 saturated carbocycles. The molecule has 1 aliphatic carbocycles. The van der Waals surface area contributed by atoms with E-state index in [-0.39, 0.29) is 11.2 Å². The molecule has 0 saturated heterocycles. The summed E-state index contributed by atoms with van der Waals surface area (Å²) < 4.78 is 13.2. The minimum Gasteiger partial charge on any atom is -0.307 e. The highest BCUT2D eigenvalue weighted by Crippen LogP contribution is 2.35. The number of rotatable bonds is 5. The highest BCUT2D eigenvalue weighted by molar-refractivity contribution is 5.40. The first kappa shape index (κ1) is 13.0. The molecule has 2 rings (SSSR count). The lowest BCUT2D eigenvalue weighted by atomic mass is 9.75. The Morgan fingerprint density at radius 3 is 2.72 bits per heavy atom. The van der Waals surface area contributed by atoms with Gasteiger partial charge < -0.3 is 5.32 Å². The Morgan fingerprint density at radius 1 is 1.50 bits per heavy atom. The third kappa shape index (κ3) is 2.51. The third-order valence-corrected chi connectivity index (χ3v) is 3.88. The third-order valence-electron chi connectivity index (χ3n) is 3.88. The van der Waals surface area contributed by atoms with Crippen molar-refractivity contribution in [3.8, 4) is 0 Å². The van der Waals surface area contributed by atoms with Crippen molar-refractivity contribution in [1.82, 2.24) is 5.32 Å². The smallest absolute Gasteiger partial charge is 0.274 e. The summed E-state index contributed by atoms with van der Waals surface area (Å²) in [6.45, 7) is 2.45. The Balaban J connectivity index is 2.12. The molecule has 0 bridgehead atoms. The lowest BCUT2D eigenvalue weighted by Gasteiger charge is -2.42. The summed E-state index contributed by atoms with van der Waals surface area (Å²) in [5.41, 5.74) is 0.495. The summed E-state index contributed by atoms with van der Waals surface area (Å²) in [5.74, 6) is -0.434. The first-order valence-corrected chi connectivity index (χ1v) is 6.24. The summed E-state index contributed by atoms with van der Waals surface area (Å²) in [4.78, 5) is 10.4. The molecule has 1 aliphatic rings. The molecule has 0 heterocycles. The van der Waals surface area contributed by atoms with Crippen molar-refractivity contribution in [3.63, 3.8) is 0 Å². The predicted molar refractivity (Wildman–Crippen MR) is 66.8 cm³/mol. The van der Waals surface area contributed by atoms with Crippen LogP contribution in [0.25, 0.3) is 0 Å². The molecular weight excluding hydrogens is 235 g/mol. The molecule has 5 heteroatoms. The average Bonchev–Trinajstić information content (AvgIpc) is 2.28. The van der Waals surface area contributed by atoms with Crippen LogP contribution in [0.15, 0.2) is 18.2 Å². The largest absolute Gasteiger partial charge is 0.307 e. The maximum Gasteiger partial charge on any atom is 0.274 e. The van der Waals surface area contributed by atoms with Gasteiger partial charge in [-0.3, -0.25) is 10.1 Å². The summed E-state index contributed by atoms with van der Waals surface area (Å²) in [6.07, 6.45) is 4.36. The molecule has 1 N–H and O–H groups in total. The van der Waals surface area contributed by atoms with Gasteiger partial charge in [-0.25, -0.2) is 4.39 Å². The van der Waals surface area contributed by atoms with E-state index < -0.39 is 10.7 Å². The van der Waals surface area contributed by atoms with Gasteiger partial charge in [0.25, 0.3) is 5.69 Å². The first-order chi connectivity index (χ1) is 8.56. The van der Waals surface area contributed by atoms with E-state index in [9.17, 15) is 14.5 Å². The molecule has 1 fully saturated rings. The summed E-state index contributed by atoms with van der Waals surface area (Å²) in [6, 6.07) is 3.60. The van der Waals surface area contributed by atoms with Gasteiger partial charge in [0.15, 0.2) is 0 Å². The molecule has 0 amide bonds. The molecular formula is C13H17FN2O2. The maximum absolute atomic E-state index is 13.2. The zero-order valence-electron chi connectivity index (χ0n) is 10.4. The highest BCUT2D eigenvalue weighted by Gasteiger charge is 2.34. The van der Waals surface area contributed by atoms with Gasteiger partial charge in [-0.2, -0.15) is 0 Å². The van der Waals surface area contributed by atoms with Gasteiger partial charge in [0, 0.05) is 23.7 Å². The van der Waals surface area contributed by atoms with Gasteiger partial charge in [-0.1, -0.05) is 6.92 Å². The van der Waals surface area contributed by atoms with Gasteiger partial charge in [-0.05, 0) is 37.8 Å². The average molecular weight is 252 g/mol. The van der Waals surface area contributed by atoms with E-state index in [2.05, 4.69) is 12.2 Å². The Bertz CT molecular complexity index is 453. The van der Waals surface area contributed by atoms with Gasteiger partial charge in [-0.15, -0.1) is 0 Å². The quantitative estimate of drug-likeness (QED) is 0.647. The fraction of sp³-hybridized carbons (Fsp3) is 0.538. The van der Waals surface area contributed by atoms with Crippen molar-refractivity contribution in [2.24, 2.45) is 0 Å². The van der Waals surface area contributed by atoms with Crippen molar-refractivity contribution in [2.75, 3.05) is 0 Å². The van der Waals surface area contributed by atoms with Crippen molar-refractivity contribution in [3.05, 3.63) is 39.7 Å². The number of nitro benzene ring substituents is 1. The Labute approximate surface area is 105 Å². The van der Waals surface area contributed by atoms with Crippen LogP contribution in [-0.2, 0) is 6.54 Å². The predicted octanol–water partition coefficient (Wildman–Crippen LogP) is 3.16. The standard InChI is InChI=1S/C13H17FN2O2/c1-2-13(6-3-7-13)15-9-10-8-11(14)4-5-12(10)16(17)18/h4-5,8,15H,2-3,6-7,9H2,1H3. The Morgan fingerprint density at radius 2 is 2.22 bits per heavy atom. The van der Waals surface area contributed by atoms with Crippen LogP contribution in [0.3, 0.4) is 0 Å². The van der Waals surface area contributed by atoms with E-state index in [0.717, 1.165) is 25.3 Å². The van der Waals surface area contributed by atoms with Crippen LogP contribution >= 0.6 is 0 Å². The maximum atomic E-state index is 13.2. The number of halogens is 1. The molecule has 0 aliphatic heterocycles. The Kier molecular flexibility index (Phi) is 3.61. The van der Waals surface area contributed by atoms with Gasteiger partial charge in [0.1, 0.15) is 5.82 Å². The molecule has 98 valence electrons. The van der Waals surface area contributed by atoms with Crippen molar-refractivity contribution < 1.29 is 9.31 Å². The van der Waals surface area contributed by atoms with Crippen LogP contribution in [0.4, 0.5) is 10.1 Å². The summed E-state index contributed by atoms with van der Waals surface area (Å²) in [5, 5.41) is 14.2. The lowest BCUT2D eigenvalue weighted by Crippen LogP contribution is -2.49. The zero-order valence-corrected chi connectivity index (χ0v) is 10.4. The molecule has 0 spiro atoms. The monoisotopic (exact) mass is 252 g/mol. The second-order valence-corrected chi connectivity index (χ2v) is 4.87. The van der Waals surface area contributed by atoms with Crippen LogP contribution in [0, 0.1) is 15.9 Å². The molecule has 1 aromatic carbocycles. The topological polar surface area (TPSA) is 55.2 Å². The molecule has 0 atom stereocenters. The highest BCUT2D eigenvalue weighted by atomic mass is 19.1. The zero-order chi connectivity index (χ0) is 13.2. The van der Waals surface area contributed by atoms with E-state index >= 15 is 0 Å². The number of hydrogen-bond donors (Lipinski definition) is 1. The van der Waals surface area contributed by atoms with E-state index in [1.165, 1.54) is 18.6 Å². The van der Waals surface area contributed by atoms with Crippen LogP contribution in [0.5, 0.6) is 0 Å². The van der Waals surface area contributed by atoms with Gasteiger partial charge in [0.05, 0.1) is 4.92 Å². The van der Waals surface area contributed by atoms with Crippen molar-refractivity contribution in [2.45, 2.75) is 44.7 Å². The second kappa shape index (κ2) is 5.02. The number of hydrogen-bond acceptors (Lipinski definition) is 3. The van der Waals surface area contributed by atoms with Gasteiger partial charge in [0.2, 0.25) is 0 Å². The summed E-state index contributed by atoms with van der Waals surface area (Å²) >= 11 is 0. The number of nitro groups is 1. The number of nitrogens with zero attached hydrogens (tertiary/aromatic N) is 1. The molecule has 0 radical (unpaired) electrons. The SMILES string of the molecule is CCC1(NCc2cc(F)ccc2[N+](=O)[O-])CCC1. The van der Waals surface area contributed by atoms with Gasteiger partial charge >= 0.3 is 0 Å². The van der Waals surface area contributed by atoms with E-state index in [1.54, 1.807) is 0 Å². The fourth-order valence-corrected chi connectivity index (χ4v) is 2.42. The van der Waals surface area contributed by atoms with Crippen molar-refractivity contribution >= 4 is 5.69 Å². The van der Waals surface area contributed by atoms with E-state index in [4.69, 9.17) is 0 Å². The van der Waals surface area contributed by atoms with Crippen LogP contribution in [-0.4, -0.2) is 10.5 Å². The minimum atomic E-state index is -0.462. The molecule has 4 nitrogen and oxygen atoms in total. The molecule has 0 unspecified atom stereocenters. The first-order valence-electron chi connectivity index (χ1n) is 6.24. The molecule has 18 heavy (non-hydrogen) atoms. The Hall–Kier alpha value is -1.49. The number of nitrogens with one attached hydrogen (secondary N) is 1. The van der Waals surface area contributed by atoms with Crippen molar-refractivity contribution in [1.29, 1.82) is 0 Å². The number of benzene rings is 1. The molecule has 0 aromatic heterocycles. The fourth-order valence-electron chi connectivity index (χ4n) is 2.42. The van der Waals surface area contributed by atoms with Crippen LogP contribution in [0.1, 0.15) is 38.2 Å². The van der Waals surface area contributed by atoms with Crippen LogP contribution < -0.4 is 5.32 Å². The summed E-state index contributed by atoms with van der Waals surface area (Å²) in [7, 11) is 0. The van der Waals surface area contributed by atoms with E-state index in [1.807, 2.05) is 0 Å². The second-order valence-electron chi connectivity index (χ2n) is 4.87. The van der Waals surface area contributed by atoms with Crippen LogP contribution in [0.2, 0.25) is 0 Å². The van der Waals surface area contributed by atoms with E-state index in [0.29, 0.717) is 12.1 Å². The lowest BCUT2D eigenvalue weighted by molar-refractivity contribution is -0.385. The molecule has 1 aromatic rings.